The van der Waals surface area contributed by atoms with Crippen LogP contribution in [0.15, 0.2) is 36.4 Å². The van der Waals surface area contributed by atoms with Crippen molar-refractivity contribution in [2.24, 2.45) is 0 Å². The van der Waals surface area contributed by atoms with Crippen LogP contribution in [-0.2, 0) is 6.54 Å². The highest BCUT2D eigenvalue weighted by Crippen LogP contribution is 2.30. The summed E-state index contributed by atoms with van der Waals surface area (Å²) in [5.41, 5.74) is 4.31. The number of ether oxygens (including phenoxy) is 2. The zero-order valence-electron chi connectivity index (χ0n) is 14.2. The van der Waals surface area contributed by atoms with Crippen LogP contribution in [0, 0.1) is 13.8 Å². The van der Waals surface area contributed by atoms with Crippen LogP contribution >= 0.6 is 0 Å². The molecule has 0 heterocycles. The van der Waals surface area contributed by atoms with Gasteiger partial charge in [0.15, 0.2) is 11.5 Å². The number of benzene rings is 2. The minimum Gasteiger partial charge on any atom is -0.493 e. The van der Waals surface area contributed by atoms with Gasteiger partial charge in [-0.25, -0.2) is 0 Å². The molecule has 2 rings (SSSR count). The zero-order chi connectivity index (χ0) is 16.8. The van der Waals surface area contributed by atoms with Gasteiger partial charge in [-0.3, -0.25) is 0 Å². The number of methoxy groups -OCH3 is 2. The van der Waals surface area contributed by atoms with Crippen molar-refractivity contribution in [3.05, 3.63) is 58.7 Å². The fraction of sp³-hybridized carbons (Fsp3) is 0.368. The molecule has 0 saturated heterocycles. The molecule has 0 aromatic heterocycles. The molecule has 0 saturated carbocycles. The van der Waals surface area contributed by atoms with Crippen LogP contribution in [-0.4, -0.2) is 25.9 Å². The first-order valence-corrected chi connectivity index (χ1v) is 7.72. The van der Waals surface area contributed by atoms with Crippen molar-refractivity contribution in [1.29, 1.82) is 0 Å². The summed E-state index contributed by atoms with van der Waals surface area (Å²) in [5, 5.41) is 13.6. The third-order valence-corrected chi connectivity index (χ3v) is 4.04. The second-order valence-corrected chi connectivity index (χ2v) is 5.64. The SMILES string of the molecule is COc1cc(C)c(CNCC(O)c2ccccc2C)cc1OC. The lowest BCUT2D eigenvalue weighted by Gasteiger charge is -2.16. The average molecular weight is 315 g/mol. The molecule has 0 aliphatic carbocycles. The van der Waals surface area contributed by atoms with Gasteiger partial charge in [0.1, 0.15) is 0 Å². The first kappa shape index (κ1) is 17.3. The van der Waals surface area contributed by atoms with Gasteiger partial charge in [0.2, 0.25) is 0 Å². The van der Waals surface area contributed by atoms with Gasteiger partial charge in [-0.15, -0.1) is 0 Å². The summed E-state index contributed by atoms with van der Waals surface area (Å²) in [4.78, 5) is 0. The van der Waals surface area contributed by atoms with E-state index in [1.54, 1.807) is 14.2 Å². The summed E-state index contributed by atoms with van der Waals surface area (Å²) >= 11 is 0. The molecule has 0 amide bonds. The van der Waals surface area contributed by atoms with Crippen molar-refractivity contribution in [2.75, 3.05) is 20.8 Å². The monoisotopic (exact) mass is 315 g/mol. The van der Waals surface area contributed by atoms with Crippen molar-refractivity contribution in [3.8, 4) is 11.5 Å². The van der Waals surface area contributed by atoms with Gasteiger partial charge in [0, 0.05) is 13.1 Å². The highest BCUT2D eigenvalue weighted by molar-refractivity contribution is 5.47. The van der Waals surface area contributed by atoms with Gasteiger partial charge >= 0.3 is 0 Å². The van der Waals surface area contributed by atoms with E-state index in [4.69, 9.17) is 9.47 Å². The van der Waals surface area contributed by atoms with Crippen molar-refractivity contribution in [1.82, 2.24) is 5.32 Å². The lowest BCUT2D eigenvalue weighted by molar-refractivity contribution is 0.173. The highest BCUT2D eigenvalue weighted by Gasteiger charge is 2.11. The van der Waals surface area contributed by atoms with E-state index in [9.17, 15) is 5.11 Å². The van der Waals surface area contributed by atoms with Gasteiger partial charge in [-0.05, 0) is 48.2 Å². The molecule has 1 atom stereocenters. The standard InChI is InChI=1S/C19H25NO3/c1-13-7-5-6-8-16(13)17(21)12-20-11-15-10-19(23-4)18(22-3)9-14(15)2/h5-10,17,20-21H,11-12H2,1-4H3. The van der Waals surface area contributed by atoms with Crippen LogP contribution in [0.25, 0.3) is 0 Å². The van der Waals surface area contributed by atoms with E-state index in [1.807, 2.05) is 50.2 Å². The Morgan fingerprint density at radius 3 is 2.30 bits per heavy atom. The van der Waals surface area contributed by atoms with Crippen molar-refractivity contribution in [2.45, 2.75) is 26.5 Å². The molecule has 0 aliphatic heterocycles. The van der Waals surface area contributed by atoms with Crippen LogP contribution in [0.1, 0.15) is 28.4 Å². The van der Waals surface area contributed by atoms with E-state index in [1.165, 1.54) is 0 Å². The molecule has 0 aliphatic rings. The number of aliphatic hydroxyl groups excluding tert-OH is 1. The molecule has 0 fully saturated rings. The quantitative estimate of drug-likeness (QED) is 0.824. The molecule has 2 aromatic carbocycles. The minimum atomic E-state index is -0.517. The molecule has 0 bridgehead atoms. The third kappa shape index (κ3) is 4.24. The molecule has 2 aromatic rings. The predicted octanol–water partition coefficient (Wildman–Crippen LogP) is 3.14. The smallest absolute Gasteiger partial charge is 0.161 e. The van der Waals surface area contributed by atoms with Crippen LogP contribution < -0.4 is 14.8 Å². The van der Waals surface area contributed by atoms with Crippen LogP contribution in [0.5, 0.6) is 11.5 Å². The van der Waals surface area contributed by atoms with Crippen LogP contribution in [0.2, 0.25) is 0 Å². The number of rotatable bonds is 7. The van der Waals surface area contributed by atoms with Crippen molar-refractivity contribution >= 4 is 0 Å². The fourth-order valence-electron chi connectivity index (χ4n) is 2.63. The summed E-state index contributed by atoms with van der Waals surface area (Å²) in [6, 6.07) is 11.8. The predicted molar refractivity (Wildman–Crippen MR) is 92.1 cm³/mol. The first-order chi connectivity index (χ1) is 11.1. The molecule has 4 heteroatoms. The topological polar surface area (TPSA) is 50.7 Å². The number of nitrogens with one attached hydrogen (secondary N) is 1. The molecular formula is C19H25NO3. The number of hydrogen-bond acceptors (Lipinski definition) is 4. The Morgan fingerprint density at radius 2 is 1.65 bits per heavy atom. The normalized spacial score (nSPS) is 12.0. The summed E-state index contributed by atoms with van der Waals surface area (Å²) in [5.74, 6) is 1.45. The Hall–Kier alpha value is -2.04. The Balaban J connectivity index is 2.00. The Morgan fingerprint density at radius 1 is 1.00 bits per heavy atom. The summed E-state index contributed by atoms with van der Waals surface area (Å²) < 4.78 is 10.6. The summed E-state index contributed by atoms with van der Waals surface area (Å²) in [7, 11) is 3.26. The first-order valence-electron chi connectivity index (χ1n) is 7.72. The van der Waals surface area contributed by atoms with Crippen LogP contribution in [0.3, 0.4) is 0 Å². The molecular weight excluding hydrogens is 290 g/mol. The largest absolute Gasteiger partial charge is 0.493 e. The molecule has 124 valence electrons. The molecule has 0 spiro atoms. The van der Waals surface area contributed by atoms with Gasteiger partial charge in [-0.1, -0.05) is 24.3 Å². The fourth-order valence-corrected chi connectivity index (χ4v) is 2.63. The van der Waals surface area contributed by atoms with Crippen molar-refractivity contribution < 1.29 is 14.6 Å². The van der Waals surface area contributed by atoms with Gasteiger partial charge < -0.3 is 19.9 Å². The average Bonchev–Trinajstić information content (AvgIpc) is 2.56. The second kappa shape index (κ2) is 7.99. The van der Waals surface area contributed by atoms with E-state index in [-0.39, 0.29) is 0 Å². The maximum Gasteiger partial charge on any atom is 0.161 e. The number of hydrogen-bond donors (Lipinski definition) is 2. The lowest BCUT2D eigenvalue weighted by atomic mass is 10.0. The molecule has 2 N–H and O–H groups in total. The third-order valence-electron chi connectivity index (χ3n) is 4.04. The van der Waals surface area contributed by atoms with Crippen LogP contribution in [0.4, 0.5) is 0 Å². The second-order valence-electron chi connectivity index (χ2n) is 5.64. The van der Waals surface area contributed by atoms with E-state index in [0.29, 0.717) is 18.8 Å². The highest BCUT2D eigenvalue weighted by atomic mass is 16.5. The number of aryl methyl sites for hydroxylation is 2. The zero-order valence-corrected chi connectivity index (χ0v) is 14.2. The maximum atomic E-state index is 10.3. The lowest BCUT2D eigenvalue weighted by Crippen LogP contribution is -2.22. The van der Waals surface area contributed by atoms with Crippen molar-refractivity contribution in [3.63, 3.8) is 0 Å². The summed E-state index contributed by atoms with van der Waals surface area (Å²) in [6.45, 7) is 5.21. The summed E-state index contributed by atoms with van der Waals surface area (Å²) in [6.07, 6.45) is -0.517. The van der Waals surface area contributed by atoms with E-state index in [0.717, 1.165) is 28.0 Å². The molecule has 23 heavy (non-hydrogen) atoms. The Kier molecular flexibility index (Phi) is 6.02. The number of aliphatic hydroxyl groups is 1. The van der Waals surface area contributed by atoms with Gasteiger partial charge in [0.05, 0.1) is 20.3 Å². The Labute approximate surface area is 138 Å². The van der Waals surface area contributed by atoms with Gasteiger partial charge in [-0.2, -0.15) is 0 Å². The van der Waals surface area contributed by atoms with E-state index >= 15 is 0 Å². The van der Waals surface area contributed by atoms with Gasteiger partial charge in [0.25, 0.3) is 0 Å². The van der Waals surface area contributed by atoms with E-state index < -0.39 is 6.10 Å². The molecule has 1 unspecified atom stereocenters. The Bertz CT molecular complexity index is 655. The minimum absolute atomic E-state index is 0.499. The van der Waals surface area contributed by atoms with E-state index in [2.05, 4.69) is 5.32 Å². The molecule has 0 radical (unpaired) electrons. The molecule has 4 nitrogen and oxygen atoms in total. The maximum absolute atomic E-state index is 10.3.